The van der Waals surface area contributed by atoms with E-state index in [4.69, 9.17) is 0 Å². The summed E-state index contributed by atoms with van der Waals surface area (Å²) in [7, 11) is -4.14. The van der Waals surface area contributed by atoms with Crippen molar-refractivity contribution >= 4 is 10.0 Å². The second-order valence-corrected chi connectivity index (χ2v) is 6.60. The Morgan fingerprint density at radius 3 is 2.55 bits per heavy atom. The van der Waals surface area contributed by atoms with Gasteiger partial charge in [-0.3, -0.25) is 4.68 Å². The second kappa shape index (κ2) is 6.13. The van der Waals surface area contributed by atoms with Crippen molar-refractivity contribution in [2.45, 2.75) is 38.8 Å². The first-order valence-electron chi connectivity index (χ1n) is 6.74. The van der Waals surface area contributed by atoms with E-state index in [-0.39, 0.29) is 6.54 Å². The Kier molecular flexibility index (Phi) is 4.62. The van der Waals surface area contributed by atoms with E-state index in [1.807, 2.05) is 13.8 Å². The van der Waals surface area contributed by atoms with Crippen LogP contribution < -0.4 is 4.72 Å². The molecule has 0 unspecified atom stereocenters. The first kappa shape index (κ1) is 16.6. The van der Waals surface area contributed by atoms with Crippen LogP contribution in [0.2, 0.25) is 0 Å². The Balaban J connectivity index is 2.27. The zero-order valence-corrected chi connectivity index (χ0v) is 13.3. The fourth-order valence-electron chi connectivity index (χ4n) is 2.23. The first-order chi connectivity index (χ1) is 10.3. The largest absolute Gasteiger partial charge is 0.270 e. The van der Waals surface area contributed by atoms with E-state index in [0.717, 1.165) is 23.4 Å². The van der Waals surface area contributed by atoms with Crippen LogP contribution in [0.3, 0.4) is 0 Å². The Bertz CT molecular complexity index is 801. The fourth-order valence-corrected chi connectivity index (χ4v) is 3.31. The molecule has 0 aliphatic carbocycles. The smallest absolute Gasteiger partial charge is 0.243 e. The summed E-state index contributed by atoms with van der Waals surface area (Å²) in [4.78, 5) is -0.703. The summed E-state index contributed by atoms with van der Waals surface area (Å²) in [5.41, 5.74) is 2.26. The normalized spacial score (nSPS) is 11.9. The molecule has 0 bridgehead atoms. The lowest BCUT2D eigenvalue weighted by Gasteiger charge is -2.08. The Morgan fingerprint density at radius 1 is 1.27 bits per heavy atom. The number of hydrogen-bond donors (Lipinski definition) is 1. The van der Waals surface area contributed by atoms with E-state index in [1.165, 1.54) is 0 Å². The fraction of sp³-hybridized carbons (Fsp3) is 0.357. The number of sulfonamides is 1. The van der Waals surface area contributed by atoms with Crippen molar-refractivity contribution in [2.24, 2.45) is 0 Å². The van der Waals surface area contributed by atoms with Crippen molar-refractivity contribution in [1.82, 2.24) is 14.5 Å². The molecular weight excluding hydrogens is 312 g/mol. The van der Waals surface area contributed by atoms with E-state index in [1.54, 1.807) is 11.6 Å². The maximum atomic E-state index is 13.6. The van der Waals surface area contributed by atoms with Crippen LogP contribution >= 0.6 is 0 Å². The highest BCUT2D eigenvalue weighted by Crippen LogP contribution is 2.18. The van der Waals surface area contributed by atoms with Crippen LogP contribution in [0.1, 0.15) is 23.9 Å². The zero-order valence-electron chi connectivity index (χ0n) is 12.5. The van der Waals surface area contributed by atoms with Gasteiger partial charge < -0.3 is 0 Å². The SMILES string of the molecule is CCn1nc(C)c(CNS(=O)(=O)c2cc(F)ccc2F)c1C. The molecule has 0 fully saturated rings. The van der Waals surface area contributed by atoms with E-state index in [2.05, 4.69) is 9.82 Å². The molecule has 0 aliphatic rings. The molecule has 0 saturated heterocycles. The van der Waals surface area contributed by atoms with Crippen molar-refractivity contribution in [3.63, 3.8) is 0 Å². The van der Waals surface area contributed by atoms with Gasteiger partial charge >= 0.3 is 0 Å². The summed E-state index contributed by atoms with van der Waals surface area (Å²) in [6, 6.07) is 2.32. The molecule has 0 radical (unpaired) electrons. The van der Waals surface area contributed by atoms with Gasteiger partial charge in [-0.25, -0.2) is 21.9 Å². The summed E-state index contributed by atoms with van der Waals surface area (Å²) in [5.74, 6) is -1.81. The van der Waals surface area contributed by atoms with Crippen LogP contribution in [-0.4, -0.2) is 18.2 Å². The van der Waals surface area contributed by atoms with Gasteiger partial charge in [0.2, 0.25) is 10.0 Å². The zero-order chi connectivity index (χ0) is 16.5. The minimum atomic E-state index is -4.14. The third kappa shape index (κ3) is 3.17. The van der Waals surface area contributed by atoms with Crippen molar-refractivity contribution < 1.29 is 17.2 Å². The molecule has 5 nitrogen and oxygen atoms in total. The van der Waals surface area contributed by atoms with Gasteiger partial charge in [-0.15, -0.1) is 0 Å². The maximum Gasteiger partial charge on any atom is 0.243 e. The van der Waals surface area contributed by atoms with Gasteiger partial charge in [-0.05, 0) is 39.0 Å². The molecule has 1 aromatic heterocycles. The summed E-state index contributed by atoms with van der Waals surface area (Å²) in [6.45, 7) is 6.16. The van der Waals surface area contributed by atoms with Gasteiger partial charge in [0.05, 0.1) is 5.69 Å². The molecule has 0 amide bonds. The number of benzene rings is 1. The molecule has 2 aromatic rings. The third-order valence-electron chi connectivity index (χ3n) is 3.45. The Hall–Kier alpha value is -1.80. The van der Waals surface area contributed by atoms with Crippen LogP contribution in [0, 0.1) is 25.5 Å². The monoisotopic (exact) mass is 329 g/mol. The minimum Gasteiger partial charge on any atom is -0.270 e. The minimum absolute atomic E-state index is 0.0318. The number of aromatic nitrogens is 2. The van der Waals surface area contributed by atoms with Crippen molar-refractivity contribution in [1.29, 1.82) is 0 Å². The summed E-state index contributed by atoms with van der Waals surface area (Å²) in [5, 5.41) is 4.28. The molecule has 120 valence electrons. The number of nitrogens with one attached hydrogen (secondary N) is 1. The van der Waals surface area contributed by atoms with Gasteiger partial charge in [0.15, 0.2) is 0 Å². The second-order valence-electron chi connectivity index (χ2n) is 4.86. The van der Waals surface area contributed by atoms with Crippen LogP contribution in [0.15, 0.2) is 23.1 Å². The van der Waals surface area contributed by atoms with Gasteiger partial charge in [0.25, 0.3) is 0 Å². The molecule has 22 heavy (non-hydrogen) atoms. The topological polar surface area (TPSA) is 64.0 Å². The highest BCUT2D eigenvalue weighted by Gasteiger charge is 2.21. The van der Waals surface area contributed by atoms with E-state index < -0.39 is 26.6 Å². The lowest BCUT2D eigenvalue weighted by molar-refractivity contribution is 0.545. The van der Waals surface area contributed by atoms with Crippen molar-refractivity contribution in [3.8, 4) is 0 Å². The van der Waals surface area contributed by atoms with Gasteiger partial charge in [0, 0.05) is 24.3 Å². The molecule has 8 heteroatoms. The summed E-state index contributed by atoms with van der Waals surface area (Å²) in [6.07, 6.45) is 0. The summed E-state index contributed by atoms with van der Waals surface area (Å²) >= 11 is 0. The number of hydrogen-bond acceptors (Lipinski definition) is 3. The van der Waals surface area contributed by atoms with E-state index in [9.17, 15) is 17.2 Å². The number of nitrogens with zero attached hydrogens (tertiary/aromatic N) is 2. The molecule has 0 spiro atoms. The van der Waals surface area contributed by atoms with Crippen molar-refractivity contribution in [2.75, 3.05) is 0 Å². The van der Waals surface area contributed by atoms with E-state index >= 15 is 0 Å². The van der Waals surface area contributed by atoms with Crippen molar-refractivity contribution in [3.05, 3.63) is 46.8 Å². The van der Waals surface area contributed by atoms with Gasteiger partial charge in [-0.2, -0.15) is 5.10 Å². The molecule has 1 N–H and O–H groups in total. The van der Waals surface area contributed by atoms with Crippen LogP contribution in [0.4, 0.5) is 8.78 Å². The standard InChI is InChI=1S/C14H17F2N3O2S/c1-4-19-10(3)12(9(2)18-19)8-17-22(20,21)14-7-11(15)5-6-13(14)16/h5-7,17H,4,8H2,1-3H3. The van der Waals surface area contributed by atoms with Gasteiger partial charge in [0.1, 0.15) is 16.5 Å². The van der Waals surface area contributed by atoms with Crippen LogP contribution in [0.25, 0.3) is 0 Å². The molecule has 2 rings (SSSR count). The number of rotatable bonds is 5. The third-order valence-corrected chi connectivity index (χ3v) is 4.87. The van der Waals surface area contributed by atoms with Gasteiger partial charge in [-0.1, -0.05) is 0 Å². The first-order valence-corrected chi connectivity index (χ1v) is 8.22. The Morgan fingerprint density at radius 2 is 1.95 bits per heavy atom. The molecule has 0 atom stereocenters. The maximum absolute atomic E-state index is 13.6. The Labute approximate surface area is 128 Å². The lowest BCUT2D eigenvalue weighted by atomic mass is 10.2. The predicted molar refractivity (Wildman–Crippen MR) is 77.8 cm³/mol. The quantitative estimate of drug-likeness (QED) is 0.915. The molecule has 1 aromatic carbocycles. The average Bonchev–Trinajstić information content (AvgIpc) is 2.73. The van der Waals surface area contributed by atoms with Crippen LogP contribution in [-0.2, 0) is 23.1 Å². The highest BCUT2D eigenvalue weighted by molar-refractivity contribution is 7.89. The van der Waals surface area contributed by atoms with E-state index in [0.29, 0.717) is 18.3 Å². The molecule has 0 aliphatic heterocycles. The predicted octanol–water partition coefficient (Wildman–Crippen LogP) is 2.28. The number of halogens is 2. The van der Waals surface area contributed by atoms with Crippen LogP contribution in [0.5, 0.6) is 0 Å². The summed E-state index contributed by atoms with van der Waals surface area (Å²) < 4.78 is 55.1. The molecule has 1 heterocycles. The number of aryl methyl sites for hydroxylation is 2. The average molecular weight is 329 g/mol. The molecular formula is C14H17F2N3O2S. The molecule has 0 saturated carbocycles. The highest BCUT2D eigenvalue weighted by atomic mass is 32.2. The lowest BCUT2D eigenvalue weighted by Crippen LogP contribution is -2.25.